The van der Waals surface area contributed by atoms with E-state index in [1.165, 1.54) is 24.0 Å². The van der Waals surface area contributed by atoms with Gasteiger partial charge in [0, 0.05) is 38.5 Å². The van der Waals surface area contributed by atoms with Crippen molar-refractivity contribution in [3.05, 3.63) is 35.4 Å². The number of likely N-dealkylation sites (tertiary alicyclic amines) is 2. The molecule has 0 spiro atoms. The van der Waals surface area contributed by atoms with Crippen LogP contribution in [0.25, 0.3) is 0 Å². The van der Waals surface area contributed by atoms with Crippen LogP contribution in [0, 0.1) is 11.8 Å². The predicted octanol–water partition coefficient (Wildman–Crippen LogP) is 4.21. The average molecular weight is 397 g/mol. The van der Waals surface area contributed by atoms with Crippen molar-refractivity contribution in [1.82, 2.24) is 9.80 Å². The van der Waals surface area contributed by atoms with E-state index in [1.54, 1.807) is 0 Å². The first kappa shape index (κ1) is 20.4. The van der Waals surface area contributed by atoms with Crippen molar-refractivity contribution < 1.29 is 9.59 Å². The summed E-state index contributed by atoms with van der Waals surface area (Å²) in [7, 11) is 0. The lowest BCUT2D eigenvalue weighted by atomic mass is 9.89. The Morgan fingerprint density at radius 3 is 2.03 bits per heavy atom. The number of hydrogen-bond donors (Lipinski definition) is 0. The van der Waals surface area contributed by atoms with Crippen molar-refractivity contribution in [2.75, 3.05) is 26.2 Å². The van der Waals surface area contributed by atoms with E-state index in [4.69, 9.17) is 0 Å². The summed E-state index contributed by atoms with van der Waals surface area (Å²) in [6, 6.07) is 8.88. The summed E-state index contributed by atoms with van der Waals surface area (Å²) in [5, 5.41) is 0. The molecule has 4 rings (SSSR count). The maximum atomic E-state index is 12.6. The fourth-order valence-electron chi connectivity index (χ4n) is 5.34. The van der Waals surface area contributed by atoms with E-state index in [1.807, 2.05) is 4.90 Å². The normalized spacial score (nSPS) is 21.1. The highest BCUT2D eigenvalue weighted by molar-refractivity contribution is 5.79. The molecule has 1 saturated carbocycles. The van der Waals surface area contributed by atoms with Gasteiger partial charge in [0.1, 0.15) is 0 Å². The number of aryl methyl sites for hydroxylation is 1. The number of rotatable bonds is 6. The van der Waals surface area contributed by atoms with Crippen molar-refractivity contribution >= 4 is 11.8 Å². The number of benzene rings is 1. The topological polar surface area (TPSA) is 40.6 Å². The zero-order valence-electron chi connectivity index (χ0n) is 17.8. The van der Waals surface area contributed by atoms with Gasteiger partial charge in [-0.15, -0.1) is 0 Å². The van der Waals surface area contributed by atoms with E-state index in [0.717, 1.165) is 77.5 Å². The van der Waals surface area contributed by atoms with Crippen LogP contribution in [0.2, 0.25) is 0 Å². The van der Waals surface area contributed by atoms with Crippen LogP contribution in [0.3, 0.4) is 0 Å². The highest BCUT2D eigenvalue weighted by Crippen LogP contribution is 2.29. The minimum atomic E-state index is 0.311. The third kappa shape index (κ3) is 5.40. The summed E-state index contributed by atoms with van der Waals surface area (Å²) in [4.78, 5) is 28.9. The van der Waals surface area contributed by atoms with E-state index < -0.39 is 0 Å². The third-order valence-corrected chi connectivity index (χ3v) is 7.26. The highest BCUT2D eigenvalue weighted by atomic mass is 16.2. The van der Waals surface area contributed by atoms with Crippen molar-refractivity contribution in [2.24, 2.45) is 11.8 Å². The molecule has 2 amide bonds. The summed E-state index contributed by atoms with van der Waals surface area (Å²) in [6.45, 7) is 3.78. The molecule has 0 N–H and O–H groups in total. The van der Waals surface area contributed by atoms with Gasteiger partial charge < -0.3 is 9.80 Å². The molecule has 0 aromatic heterocycles. The molecule has 2 aliphatic heterocycles. The Morgan fingerprint density at radius 1 is 0.759 bits per heavy atom. The number of carbonyl (C=O) groups is 2. The number of amides is 2. The van der Waals surface area contributed by atoms with Gasteiger partial charge in [-0.25, -0.2) is 0 Å². The van der Waals surface area contributed by atoms with Gasteiger partial charge in [-0.05, 0) is 68.4 Å². The number of carbonyl (C=O) groups excluding carboxylic acids is 2. The van der Waals surface area contributed by atoms with Crippen LogP contribution < -0.4 is 0 Å². The fraction of sp³-hybridized carbons (Fsp3) is 0.680. The van der Waals surface area contributed by atoms with Crippen molar-refractivity contribution in [2.45, 2.75) is 70.6 Å². The molecule has 158 valence electrons. The molecule has 2 saturated heterocycles. The first-order valence-electron chi connectivity index (χ1n) is 11.8. The van der Waals surface area contributed by atoms with Gasteiger partial charge in [-0.3, -0.25) is 9.59 Å². The van der Waals surface area contributed by atoms with Gasteiger partial charge in [0.25, 0.3) is 0 Å². The van der Waals surface area contributed by atoms with Gasteiger partial charge in [0.2, 0.25) is 11.8 Å². The molecule has 0 bridgehead atoms. The Morgan fingerprint density at radius 2 is 1.38 bits per heavy atom. The third-order valence-electron chi connectivity index (χ3n) is 7.26. The summed E-state index contributed by atoms with van der Waals surface area (Å²) in [6.07, 6.45) is 11.8. The zero-order chi connectivity index (χ0) is 20.1. The molecule has 1 aromatic carbocycles. The highest BCUT2D eigenvalue weighted by Gasteiger charge is 2.30. The van der Waals surface area contributed by atoms with Crippen LogP contribution in [0.1, 0.15) is 68.9 Å². The maximum Gasteiger partial charge on any atom is 0.225 e. The quantitative estimate of drug-likeness (QED) is 0.723. The molecular formula is C25H36N2O2. The summed E-state index contributed by atoms with van der Waals surface area (Å²) in [5.74, 6) is 1.74. The SMILES string of the molecule is O=C(CCc1ccc(CC2CCN(C(=O)C3CCCC3)CC2)cc1)N1CCCC1. The fourth-order valence-corrected chi connectivity index (χ4v) is 5.34. The lowest BCUT2D eigenvalue weighted by molar-refractivity contribution is -0.136. The maximum absolute atomic E-state index is 12.6. The second-order valence-electron chi connectivity index (χ2n) is 9.36. The minimum absolute atomic E-state index is 0.311. The lowest BCUT2D eigenvalue weighted by Gasteiger charge is -2.33. The van der Waals surface area contributed by atoms with Gasteiger partial charge in [0.15, 0.2) is 0 Å². The molecule has 4 nitrogen and oxygen atoms in total. The molecule has 2 heterocycles. The summed E-state index contributed by atoms with van der Waals surface area (Å²) < 4.78 is 0. The van der Waals surface area contributed by atoms with Gasteiger partial charge in [-0.1, -0.05) is 37.1 Å². The van der Waals surface area contributed by atoms with E-state index in [9.17, 15) is 9.59 Å². The lowest BCUT2D eigenvalue weighted by Crippen LogP contribution is -2.41. The second kappa shape index (κ2) is 9.77. The Hall–Kier alpha value is -1.84. The van der Waals surface area contributed by atoms with E-state index in [0.29, 0.717) is 30.1 Å². The number of hydrogen-bond acceptors (Lipinski definition) is 2. The largest absolute Gasteiger partial charge is 0.343 e. The molecule has 29 heavy (non-hydrogen) atoms. The molecular weight excluding hydrogens is 360 g/mol. The number of nitrogens with zero attached hydrogens (tertiary/aromatic N) is 2. The smallest absolute Gasteiger partial charge is 0.225 e. The van der Waals surface area contributed by atoms with Crippen molar-refractivity contribution in [3.63, 3.8) is 0 Å². The average Bonchev–Trinajstić information content (AvgIpc) is 3.47. The van der Waals surface area contributed by atoms with E-state index in [-0.39, 0.29) is 0 Å². The molecule has 0 unspecified atom stereocenters. The van der Waals surface area contributed by atoms with Crippen molar-refractivity contribution in [1.29, 1.82) is 0 Å². The Bertz CT molecular complexity index is 679. The Balaban J connectivity index is 1.19. The van der Waals surface area contributed by atoms with E-state index in [2.05, 4.69) is 29.2 Å². The first-order valence-corrected chi connectivity index (χ1v) is 11.8. The van der Waals surface area contributed by atoms with Gasteiger partial charge in [-0.2, -0.15) is 0 Å². The van der Waals surface area contributed by atoms with Crippen LogP contribution >= 0.6 is 0 Å². The van der Waals surface area contributed by atoms with Crippen LogP contribution in [-0.2, 0) is 22.4 Å². The first-order chi connectivity index (χ1) is 14.2. The molecule has 1 aromatic rings. The zero-order valence-corrected chi connectivity index (χ0v) is 17.8. The van der Waals surface area contributed by atoms with Crippen LogP contribution in [-0.4, -0.2) is 47.8 Å². The monoisotopic (exact) mass is 396 g/mol. The standard InChI is InChI=1S/C25H36N2O2/c28-24(26-15-3-4-16-26)12-11-20-7-9-21(10-8-20)19-22-13-17-27(18-14-22)25(29)23-5-1-2-6-23/h7-10,22-23H,1-6,11-19H2. The second-order valence-corrected chi connectivity index (χ2v) is 9.36. The number of piperidine rings is 1. The Kier molecular flexibility index (Phi) is 6.89. The Labute approximate surface area is 175 Å². The van der Waals surface area contributed by atoms with Gasteiger partial charge in [0.05, 0.1) is 0 Å². The minimum Gasteiger partial charge on any atom is -0.343 e. The van der Waals surface area contributed by atoms with Crippen molar-refractivity contribution in [3.8, 4) is 0 Å². The molecule has 3 aliphatic rings. The summed E-state index contributed by atoms with van der Waals surface area (Å²) in [5.41, 5.74) is 2.65. The molecule has 3 fully saturated rings. The van der Waals surface area contributed by atoms with Gasteiger partial charge >= 0.3 is 0 Å². The van der Waals surface area contributed by atoms with Crippen LogP contribution in [0.5, 0.6) is 0 Å². The molecule has 4 heteroatoms. The molecule has 0 radical (unpaired) electrons. The molecule has 0 atom stereocenters. The predicted molar refractivity (Wildman–Crippen MR) is 116 cm³/mol. The van der Waals surface area contributed by atoms with E-state index >= 15 is 0 Å². The summed E-state index contributed by atoms with van der Waals surface area (Å²) >= 11 is 0. The van der Waals surface area contributed by atoms with Crippen LogP contribution in [0.4, 0.5) is 0 Å². The molecule has 1 aliphatic carbocycles. The van der Waals surface area contributed by atoms with Crippen LogP contribution in [0.15, 0.2) is 24.3 Å².